The van der Waals surface area contributed by atoms with E-state index in [-0.39, 0.29) is 12.4 Å². The van der Waals surface area contributed by atoms with Crippen molar-refractivity contribution in [3.8, 4) is 17.2 Å². The minimum absolute atomic E-state index is 0.0836. The van der Waals surface area contributed by atoms with Crippen molar-refractivity contribution in [1.29, 1.82) is 0 Å². The second-order valence-corrected chi connectivity index (χ2v) is 9.00. The van der Waals surface area contributed by atoms with E-state index in [0.29, 0.717) is 48.8 Å². The first-order valence-corrected chi connectivity index (χ1v) is 11.9. The van der Waals surface area contributed by atoms with Crippen molar-refractivity contribution in [3.63, 3.8) is 0 Å². The number of rotatable bonds is 6. The van der Waals surface area contributed by atoms with Gasteiger partial charge in [0.1, 0.15) is 24.5 Å². The van der Waals surface area contributed by atoms with Crippen LogP contribution >= 0.6 is 0 Å². The molecule has 3 aliphatic rings. The van der Waals surface area contributed by atoms with Crippen LogP contribution < -0.4 is 19.7 Å². The van der Waals surface area contributed by atoms with Crippen molar-refractivity contribution in [2.75, 3.05) is 24.7 Å². The van der Waals surface area contributed by atoms with Gasteiger partial charge in [-0.1, -0.05) is 25.5 Å². The summed E-state index contributed by atoms with van der Waals surface area (Å²) in [5.41, 5.74) is -0.282. The molecule has 0 aliphatic carbocycles. The van der Waals surface area contributed by atoms with Gasteiger partial charge in [-0.15, -0.1) is 0 Å². The van der Waals surface area contributed by atoms with Crippen LogP contribution in [0, 0.1) is 11.8 Å². The highest BCUT2D eigenvalue weighted by atomic mass is 16.6. The fraction of sp³-hybridized carbons (Fsp3) is 0.423. The smallest absolute Gasteiger partial charge is 0.327 e. The van der Waals surface area contributed by atoms with E-state index in [1.165, 1.54) is 12.1 Å². The van der Waals surface area contributed by atoms with E-state index in [0.717, 1.165) is 4.90 Å². The lowest BCUT2D eigenvalue weighted by Crippen LogP contribution is -2.56. The molecule has 0 saturated carbocycles. The third-order valence-electron chi connectivity index (χ3n) is 6.97. The van der Waals surface area contributed by atoms with Gasteiger partial charge in [0.15, 0.2) is 11.5 Å². The molecule has 2 N–H and O–H groups in total. The van der Waals surface area contributed by atoms with Crippen LogP contribution in [0.5, 0.6) is 17.2 Å². The van der Waals surface area contributed by atoms with Crippen molar-refractivity contribution in [1.82, 2.24) is 5.32 Å². The van der Waals surface area contributed by atoms with Gasteiger partial charge in [-0.05, 0) is 43.2 Å². The second-order valence-electron chi connectivity index (χ2n) is 9.00. The Morgan fingerprint density at radius 3 is 2.49 bits per heavy atom. The van der Waals surface area contributed by atoms with Crippen molar-refractivity contribution >= 4 is 23.5 Å². The number of anilines is 1. The van der Waals surface area contributed by atoms with E-state index in [2.05, 4.69) is 5.32 Å². The maximum atomic E-state index is 13.9. The summed E-state index contributed by atoms with van der Waals surface area (Å²) in [6, 6.07) is 10.8. The molecule has 0 unspecified atom stereocenters. The lowest BCUT2D eigenvalue weighted by Gasteiger charge is -2.32. The summed E-state index contributed by atoms with van der Waals surface area (Å²) in [6.45, 7) is 4.59. The first-order valence-electron chi connectivity index (χ1n) is 11.9. The standard InChI is InChI=1S/C26H28N2O7/c1-3-11-26(25(32)33-4-2)21-20(22(27-26)15-5-8-17(29)9-6-15)23(30)28(24(21)31)16-7-10-18-19(14-16)35-13-12-34-18/h5-10,14,20-22,27,29H,3-4,11-13H2,1-2H3/t20-,21-,22-,26+/m1/s1. The number of aromatic hydroxyl groups is 1. The molecule has 35 heavy (non-hydrogen) atoms. The summed E-state index contributed by atoms with van der Waals surface area (Å²) < 4.78 is 16.7. The van der Waals surface area contributed by atoms with Gasteiger partial charge in [0, 0.05) is 12.1 Å². The highest BCUT2D eigenvalue weighted by molar-refractivity contribution is 6.24. The Labute approximate surface area is 203 Å². The zero-order valence-corrected chi connectivity index (χ0v) is 19.7. The Morgan fingerprint density at radius 2 is 1.80 bits per heavy atom. The molecule has 2 amide bonds. The van der Waals surface area contributed by atoms with Crippen LogP contribution in [0.15, 0.2) is 42.5 Å². The fourth-order valence-electron chi connectivity index (χ4n) is 5.57. The zero-order valence-electron chi connectivity index (χ0n) is 19.7. The number of esters is 1. The molecule has 2 aromatic rings. The van der Waals surface area contributed by atoms with Gasteiger partial charge in [-0.2, -0.15) is 0 Å². The van der Waals surface area contributed by atoms with E-state index in [1.54, 1.807) is 37.3 Å². The molecule has 9 nitrogen and oxygen atoms in total. The predicted molar refractivity (Wildman–Crippen MR) is 125 cm³/mol. The van der Waals surface area contributed by atoms with E-state index < -0.39 is 41.2 Å². The van der Waals surface area contributed by atoms with Crippen molar-refractivity contribution in [2.45, 2.75) is 38.3 Å². The summed E-state index contributed by atoms with van der Waals surface area (Å²) in [5, 5.41) is 13.1. The number of hydrogen-bond donors (Lipinski definition) is 2. The lowest BCUT2D eigenvalue weighted by atomic mass is 9.77. The van der Waals surface area contributed by atoms with Crippen LogP contribution in [0.3, 0.4) is 0 Å². The Bertz CT molecular complexity index is 1160. The molecule has 2 fully saturated rings. The summed E-state index contributed by atoms with van der Waals surface area (Å²) in [7, 11) is 0. The van der Waals surface area contributed by atoms with E-state index in [4.69, 9.17) is 14.2 Å². The van der Waals surface area contributed by atoms with Gasteiger partial charge >= 0.3 is 5.97 Å². The normalized spacial score (nSPS) is 27.1. The number of amides is 2. The van der Waals surface area contributed by atoms with E-state index in [9.17, 15) is 19.5 Å². The Kier molecular flexibility index (Phi) is 5.88. The van der Waals surface area contributed by atoms with Crippen LogP contribution in [0.25, 0.3) is 0 Å². The quantitative estimate of drug-likeness (QED) is 0.479. The number of hydrogen-bond acceptors (Lipinski definition) is 8. The molecule has 3 heterocycles. The number of nitrogens with one attached hydrogen (secondary N) is 1. The largest absolute Gasteiger partial charge is 0.508 e. The van der Waals surface area contributed by atoms with Gasteiger partial charge < -0.3 is 19.3 Å². The number of ether oxygens (including phenoxy) is 3. The molecule has 3 aliphatic heterocycles. The molecule has 2 aromatic carbocycles. The highest BCUT2D eigenvalue weighted by Gasteiger charge is 2.68. The van der Waals surface area contributed by atoms with Gasteiger partial charge in [0.05, 0.1) is 24.1 Å². The van der Waals surface area contributed by atoms with E-state index >= 15 is 0 Å². The van der Waals surface area contributed by atoms with Crippen molar-refractivity contribution in [2.24, 2.45) is 11.8 Å². The lowest BCUT2D eigenvalue weighted by molar-refractivity contribution is -0.155. The Balaban J connectivity index is 1.61. The monoisotopic (exact) mass is 480 g/mol. The number of fused-ring (bicyclic) bond motifs is 2. The topological polar surface area (TPSA) is 114 Å². The van der Waals surface area contributed by atoms with Crippen LogP contribution in [-0.4, -0.2) is 48.2 Å². The molecule has 9 heteroatoms. The minimum Gasteiger partial charge on any atom is -0.508 e. The SMILES string of the molecule is CCC[C@]1(C(=O)OCC)N[C@H](c2ccc(O)cc2)[C@@H]2C(=O)N(c3ccc4c(c3)OCCO4)C(=O)[C@@H]21. The number of imide groups is 1. The third-order valence-corrected chi connectivity index (χ3v) is 6.97. The molecule has 0 bridgehead atoms. The fourth-order valence-corrected chi connectivity index (χ4v) is 5.57. The molecule has 4 atom stereocenters. The van der Waals surface area contributed by atoms with Crippen molar-refractivity contribution in [3.05, 3.63) is 48.0 Å². The summed E-state index contributed by atoms with van der Waals surface area (Å²) >= 11 is 0. The highest BCUT2D eigenvalue weighted by Crippen LogP contribution is 2.52. The number of carbonyl (C=O) groups excluding carboxylic acids is 3. The molecular weight excluding hydrogens is 452 g/mol. The van der Waals surface area contributed by atoms with Crippen molar-refractivity contribution < 1.29 is 33.7 Å². The van der Waals surface area contributed by atoms with Gasteiger partial charge in [0.2, 0.25) is 11.8 Å². The minimum atomic E-state index is -1.35. The van der Waals surface area contributed by atoms with Gasteiger partial charge in [-0.25, -0.2) is 4.90 Å². The van der Waals surface area contributed by atoms with Crippen LogP contribution in [-0.2, 0) is 19.1 Å². The maximum absolute atomic E-state index is 13.9. The Hall–Kier alpha value is -3.59. The number of phenols is 1. The van der Waals surface area contributed by atoms with Crippen LogP contribution in [0.4, 0.5) is 5.69 Å². The van der Waals surface area contributed by atoms with Gasteiger partial charge in [-0.3, -0.25) is 19.7 Å². The Morgan fingerprint density at radius 1 is 1.09 bits per heavy atom. The number of benzene rings is 2. The van der Waals surface area contributed by atoms with Crippen LogP contribution in [0.2, 0.25) is 0 Å². The number of carbonyl (C=O) groups is 3. The van der Waals surface area contributed by atoms with Crippen LogP contribution in [0.1, 0.15) is 38.3 Å². The predicted octanol–water partition coefficient (Wildman–Crippen LogP) is 2.72. The number of phenolic OH excluding ortho intramolecular Hbond substituents is 1. The molecule has 0 radical (unpaired) electrons. The molecule has 5 rings (SSSR count). The molecule has 2 saturated heterocycles. The molecule has 184 valence electrons. The number of nitrogens with zero attached hydrogens (tertiary/aromatic N) is 1. The third kappa shape index (κ3) is 3.61. The maximum Gasteiger partial charge on any atom is 0.327 e. The molecule has 0 aromatic heterocycles. The summed E-state index contributed by atoms with van der Waals surface area (Å²) in [4.78, 5) is 42.4. The molecular formula is C26H28N2O7. The van der Waals surface area contributed by atoms with Gasteiger partial charge in [0.25, 0.3) is 0 Å². The zero-order chi connectivity index (χ0) is 24.7. The average Bonchev–Trinajstić information content (AvgIpc) is 3.34. The average molecular weight is 481 g/mol. The molecule has 0 spiro atoms. The summed E-state index contributed by atoms with van der Waals surface area (Å²) in [5.74, 6) is -2.06. The summed E-state index contributed by atoms with van der Waals surface area (Å²) in [6.07, 6.45) is 0.929. The first-order chi connectivity index (χ1) is 16.9. The second kappa shape index (κ2) is 8.88. The first kappa shape index (κ1) is 23.2. The van der Waals surface area contributed by atoms with E-state index in [1.807, 2.05) is 6.92 Å².